The van der Waals surface area contributed by atoms with Crippen LogP contribution in [0.15, 0.2) is 0 Å². The molecule has 7 heteroatoms. The van der Waals surface area contributed by atoms with E-state index in [2.05, 4.69) is 5.32 Å². The van der Waals surface area contributed by atoms with Crippen LogP contribution in [0.25, 0.3) is 0 Å². The van der Waals surface area contributed by atoms with Gasteiger partial charge in [0.2, 0.25) is 0 Å². The molecule has 1 aliphatic heterocycles. The van der Waals surface area contributed by atoms with E-state index < -0.39 is 41.3 Å². The Morgan fingerprint density at radius 1 is 1.08 bits per heavy atom. The molecule has 1 fully saturated rings. The van der Waals surface area contributed by atoms with Crippen LogP contribution in [0.1, 0.15) is 54.4 Å². The molecule has 0 bridgehead atoms. The smallest absolute Gasteiger partial charge is 0.311 e. The van der Waals surface area contributed by atoms with E-state index in [1.165, 1.54) is 6.92 Å². The summed E-state index contributed by atoms with van der Waals surface area (Å²) >= 11 is 0. The van der Waals surface area contributed by atoms with Crippen LogP contribution < -0.4 is 5.32 Å². The minimum atomic E-state index is -1.62. The van der Waals surface area contributed by atoms with Gasteiger partial charge in [0, 0.05) is 6.04 Å². The number of nitrogens with one attached hydrogen (secondary N) is 1. The number of ether oxygens (including phenoxy) is 1. The fourth-order valence-corrected chi connectivity index (χ4v) is 3.82. The first-order valence-electron chi connectivity index (χ1n) is 9.47. The van der Waals surface area contributed by atoms with E-state index >= 15 is 0 Å². The quantitative estimate of drug-likeness (QED) is 0.390. The minimum absolute atomic E-state index is 0.120. The van der Waals surface area contributed by atoms with Crippen LogP contribution in [-0.2, 0) is 9.53 Å². The lowest BCUT2D eigenvalue weighted by atomic mass is 9.81. The van der Waals surface area contributed by atoms with E-state index in [-0.39, 0.29) is 18.4 Å². The second kappa shape index (κ2) is 8.97. The average molecular weight is 376 g/mol. The second-order valence-electron chi connectivity index (χ2n) is 8.87. The van der Waals surface area contributed by atoms with Gasteiger partial charge in [-0.1, -0.05) is 13.8 Å². The van der Waals surface area contributed by atoms with Gasteiger partial charge in [0.05, 0.1) is 17.6 Å². The highest BCUT2D eigenvalue weighted by molar-refractivity contribution is 5.72. The predicted octanol–water partition coefficient (Wildman–Crippen LogP) is 0.434. The first-order chi connectivity index (χ1) is 11.8. The molecule has 1 rings (SSSR count). The third kappa shape index (κ3) is 6.46. The van der Waals surface area contributed by atoms with Gasteiger partial charge in [0.1, 0.15) is 18.3 Å². The Morgan fingerprint density at radius 3 is 2.23 bits per heavy atom. The summed E-state index contributed by atoms with van der Waals surface area (Å²) in [4.78, 5) is 12.2. The highest BCUT2D eigenvalue weighted by Gasteiger charge is 2.39. The van der Waals surface area contributed by atoms with Gasteiger partial charge in [0.25, 0.3) is 0 Å². The van der Waals surface area contributed by atoms with Gasteiger partial charge in [-0.2, -0.15) is 0 Å². The minimum Gasteiger partial charge on any atom is -0.462 e. The summed E-state index contributed by atoms with van der Waals surface area (Å²) in [6.45, 7) is 10.4. The summed E-state index contributed by atoms with van der Waals surface area (Å²) in [6, 6.07) is -0.428. The van der Waals surface area contributed by atoms with Crippen LogP contribution in [-0.4, -0.2) is 69.0 Å². The van der Waals surface area contributed by atoms with Crippen molar-refractivity contribution in [2.24, 2.45) is 17.8 Å². The van der Waals surface area contributed by atoms with E-state index in [0.717, 1.165) is 0 Å². The van der Waals surface area contributed by atoms with Gasteiger partial charge in [-0.25, -0.2) is 0 Å². The van der Waals surface area contributed by atoms with Crippen LogP contribution in [0.2, 0.25) is 0 Å². The van der Waals surface area contributed by atoms with Crippen molar-refractivity contribution in [1.29, 1.82) is 0 Å². The van der Waals surface area contributed by atoms with Crippen molar-refractivity contribution in [3.63, 3.8) is 0 Å². The highest BCUT2D eigenvalue weighted by Crippen LogP contribution is 2.29. The molecule has 0 aromatic carbocycles. The molecule has 0 aliphatic carbocycles. The zero-order valence-corrected chi connectivity index (χ0v) is 16.9. The molecule has 26 heavy (non-hydrogen) atoms. The number of carbonyl (C=O) groups excluding carboxylic acids is 1. The van der Waals surface area contributed by atoms with E-state index in [9.17, 15) is 25.2 Å². The first-order valence-corrected chi connectivity index (χ1v) is 9.47. The number of hydrogen-bond donors (Lipinski definition) is 5. The topological polar surface area (TPSA) is 119 Å². The van der Waals surface area contributed by atoms with E-state index in [4.69, 9.17) is 4.74 Å². The van der Waals surface area contributed by atoms with Crippen molar-refractivity contribution in [1.82, 2.24) is 5.32 Å². The molecule has 0 radical (unpaired) electrons. The third-order valence-electron chi connectivity index (χ3n) is 5.42. The normalized spacial score (nSPS) is 47.5. The number of hydrogen-bond acceptors (Lipinski definition) is 7. The SMILES string of the molecule is CC1CNC(C)C(O)C(C)(O)COC(=O)C(C)C(O)C(C)CC(C)(O)C1. The van der Waals surface area contributed by atoms with Crippen molar-refractivity contribution in [2.45, 2.75) is 83.8 Å². The van der Waals surface area contributed by atoms with Crippen LogP contribution in [0.3, 0.4) is 0 Å². The fraction of sp³-hybridized carbons (Fsp3) is 0.947. The number of esters is 1. The molecule has 0 aromatic heterocycles. The second-order valence-corrected chi connectivity index (χ2v) is 8.87. The fourth-order valence-electron chi connectivity index (χ4n) is 3.82. The molecule has 7 nitrogen and oxygen atoms in total. The lowest BCUT2D eigenvalue weighted by Gasteiger charge is -2.34. The van der Waals surface area contributed by atoms with Gasteiger partial charge in [-0.3, -0.25) is 4.79 Å². The molecule has 1 aliphatic rings. The molecule has 8 atom stereocenters. The molecule has 1 heterocycles. The summed E-state index contributed by atoms with van der Waals surface area (Å²) in [6.07, 6.45) is -1.25. The van der Waals surface area contributed by atoms with Crippen LogP contribution in [0, 0.1) is 17.8 Å². The van der Waals surface area contributed by atoms with E-state index in [1.807, 2.05) is 6.92 Å². The summed E-state index contributed by atoms with van der Waals surface area (Å²) in [5, 5.41) is 45.2. The molecule has 0 aromatic rings. The molecular formula is C19H37NO6. The zero-order chi connectivity index (χ0) is 20.3. The van der Waals surface area contributed by atoms with Crippen molar-refractivity contribution >= 4 is 5.97 Å². The Labute approximate surface area is 156 Å². The Balaban J connectivity index is 3.03. The van der Waals surface area contributed by atoms with Crippen LogP contribution in [0.4, 0.5) is 0 Å². The standard InChI is InChI=1S/C19H37NO6/c1-11-7-18(5,24)8-12(2)15(21)13(3)17(23)26-10-19(6,25)16(22)14(4)20-9-11/h11-16,20-22,24-25H,7-10H2,1-6H3. The summed E-state index contributed by atoms with van der Waals surface area (Å²) in [7, 11) is 0. The van der Waals surface area contributed by atoms with Gasteiger partial charge in [-0.05, 0) is 58.9 Å². The summed E-state index contributed by atoms with van der Waals surface area (Å²) < 4.78 is 5.16. The first kappa shape index (κ1) is 23.3. The predicted molar refractivity (Wildman–Crippen MR) is 98.4 cm³/mol. The zero-order valence-electron chi connectivity index (χ0n) is 16.9. The number of cyclic esters (lactones) is 1. The Kier molecular flexibility index (Phi) is 8.04. The average Bonchev–Trinajstić information content (AvgIpc) is 2.53. The van der Waals surface area contributed by atoms with Crippen molar-refractivity contribution in [2.75, 3.05) is 13.2 Å². The van der Waals surface area contributed by atoms with Gasteiger partial charge >= 0.3 is 5.97 Å². The largest absolute Gasteiger partial charge is 0.462 e. The molecule has 0 spiro atoms. The highest BCUT2D eigenvalue weighted by atomic mass is 16.5. The lowest BCUT2D eigenvalue weighted by Crippen LogP contribution is -2.54. The summed E-state index contributed by atoms with van der Waals surface area (Å²) in [5.74, 6) is -1.62. The van der Waals surface area contributed by atoms with Crippen molar-refractivity contribution in [3.05, 3.63) is 0 Å². The maximum atomic E-state index is 12.2. The van der Waals surface area contributed by atoms with Crippen LogP contribution in [0.5, 0.6) is 0 Å². The van der Waals surface area contributed by atoms with Crippen LogP contribution >= 0.6 is 0 Å². The Hall–Kier alpha value is -0.730. The molecular weight excluding hydrogens is 338 g/mol. The lowest BCUT2D eigenvalue weighted by molar-refractivity contribution is -0.168. The number of rotatable bonds is 0. The van der Waals surface area contributed by atoms with Gasteiger partial charge < -0.3 is 30.5 Å². The number of aliphatic hydroxyl groups excluding tert-OH is 2. The maximum absolute atomic E-state index is 12.2. The number of carbonyl (C=O) groups is 1. The summed E-state index contributed by atoms with van der Waals surface area (Å²) in [5.41, 5.74) is -2.61. The Bertz CT molecular complexity index is 467. The maximum Gasteiger partial charge on any atom is 0.311 e. The van der Waals surface area contributed by atoms with Gasteiger partial charge in [-0.15, -0.1) is 0 Å². The number of aliphatic hydroxyl groups is 4. The molecule has 0 saturated carbocycles. The molecule has 1 saturated heterocycles. The Morgan fingerprint density at radius 2 is 1.65 bits per heavy atom. The van der Waals surface area contributed by atoms with E-state index in [0.29, 0.717) is 19.4 Å². The molecule has 8 unspecified atom stereocenters. The molecule has 154 valence electrons. The molecule has 5 N–H and O–H groups in total. The molecule has 0 amide bonds. The van der Waals surface area contributed by atoms with Gasteiger partial charge in [0.15, 0.2) is 0 Å². The van der Waals surface area contributed by atoms with E-state index in [1.54, 1.807) is 27.7 Å². The monoisotopic (exact) mass is 375 g/mol. The van der Waals surface area contributed by atoms with Crippen molar-refractivity contribution in [3.8, 4) is 0 Å². The van der Waals surface area contributed by atoms with Crippen molar-refractivity contribution < 1.29 is 30.0 Å². The third-order valence-corrected chi connectivity index (χ3v) is 5.42.